The van der Waals surface area contributed by atoms with E-state index in [-0.39, 0.29) is 5.54 Å². The standard InChI is InChI=1S/C12H24N4O/c1-7-16-11(10(13)9(2)14-16)17-8-12(3,4)15(5)6/h7-8,13H2,1-6H3. The van der Waals surface area contributed by atoms with E-state index < -0.39 is 0 Å². The Labute approximate surface area is 104 Å². The van der Waals surface area contributed by atoms with Crippen molar-refractivity contribution in [2.45, 2.75) is 39.8 Å². The topological polar surface area (TPSA) is 56.3 Å². The van der Waals surface area contributed by atoms with E-state index in [2.05, 4.69) is 23.8 Å². The van der Waals surface area contributed by atoms with E-state index in [1.54, 1.807) is 4.68 Å². The largest absolute Gasteiger partial charge is 0.474 e. The quantitative estimate of drug-likeness (QED) is 0.847. The lowest BCUT2D eigenvalue weighted by Gasteiger charge is -2.32. The lowest BCUT2D eigenvalue weighted by Crippen LogP contribution is -2.43. The van der Waals surface area contributed by atoms with Crippen LogP contribution in [-0.4, -0.2) is 40.9 Å². The fourth-order valence-corrected chi connectivity index (χ4v) is 1.31. The Morgan fingerprint density at radius 1 is 1.41 bits per heavy atom. The molecule has 0 saturated heterocycles. The Morgan fingerprint density at radius 3 is 2.47 bits per heavy atom. The number of ether oxygens (including phenoxy) is 1. The summed E-state index contributed by atoms with van der Waals surface area (Å²) in [5, 5.41) is 4.33. The number of nitrogen functional groups attached to an aromatic ring is 1. The van der Waals surface area contributed by atoms with Crippen LogP contribution in [0.4, 0.5) is 5.69 Å². The summed E-state index contributed by atoms with van der Waals surface area (Å²) in [6.07, 6.45) is 0. The number of aromatic nitrogens is 2. The number of nitrogens with zero attached hydrogens (tertiary/aromatic N) is 3. The van der Waals surface area contributed by atoms with Gasteiger partial charge >= 0.3 is 0 Å². The second-order valence-electron chi connectivity index (χ2n) is 5.12. The van der Waals surface area contributed by atoms with Gasteiger partial charge in [0.1, 0.15) is 12.3 Å². The molecule has 2 N–H and O–H groups in total. The smallest absolute Gasteiger partial charge is 0.236 e. The van der Waals surface area contributed by atoms with Crippen LogP contribution >= 0.6 is 0 Å². The van der Waals surface area contributed by atoms with Gasteiger partial charge in [0, 0.05) is 12.1 Å². The molecule has 0 amide bonds. The van der Waals surface area contributed by atoms with Crippen molar-refractivity contribution in [1.82, 2.24) is 14.7 Å². The highest BCUT2D eigenvalue weighted by Gasteiger charge is 2.23. The van der Waals surface area contributed by atoms with Crippen LogP contribution in [-0.2, 0) is 6.54 Å². The SMILES string of the molecule is CCn1nc(C)c(N)c1OCC(C)(C)N(C)C. The molecule has 0 unspecified atom stereocenters. The fraction of sp³-hybridized carbons (Fsp3) is 0.750. The average Bonchev–Trinajstić information content (AvgIpc) is 2.52. The molecule has 5 nitrogen and oxygen atoms in total. The summed E-state index contributed by atoms with van der Waals surface area (Å²) >= 11 is 0. The lowest BCUT2D eigenvalue weighted by molar-refractivity contribution is 0.108. The van der Waals surface area contributed by atoms with E-state index in [9.17, 15) is 0 Å². The minimum Gasteiger partial charge on any atom is -0.474 e. The first-order valence-corrected chi connectivity index (χ1v) is 5.92. The number of nitrogens with two attached hydrogens (primary N) is 1. The molecule has 1 rings (SSSR count). The summed E-state index contributed by atoms with van der Waals surface area (Å²) in [5.41, 5.74) is 7.39. The number of aryl methyl sites for hydroxylation is 2. The van der Waals surface area contributed by atoms with Gasteiger partial charge in [-0.3, -0.25) is 0 Å². The number of rotatable bonds is 5. The van der Waals surface area contributed by atoms with Crippen molar-refractivity contribution in [3.8, 4) is 5.88 Å². The second kappa shape index (κ2) is 4.96. The molecule has 0 aliphatic heterocycles. The van der Waals surface area contributed by atoms with Crippen LogP contribution in [0.2, 0.25) is 0 Å². The van der Waals surface area contributed by atoms with Gasteiger partial charge in [0.2, 0.25) is 5.88 Å². The molecule has 98 valence electrons. The van der Waals surface area contributed by atoms with Crippen LogP contribution < -0.4 is 10.5 Å². The highest BCUT2D eigenvalue weighted by Crippen LogP contribution is 2.26. The molecule has 0 fully saturated rings. The van der Waals surface area contributed by atoms with Crippen LogP contribution in [0.3, 0.4) is 0 Å². The maximum Gasteiger partial charge on any atom is 0.236 e. The molecule has 0 saturated carbocycles. The monoisotopic (exact) mass is 240 g/mol. The van der Waals surface area contributed by atoms with Crippen LogP contribution in [0, 0.1) is 6.92 Å². The molecule has 5 heteroatoms. The molecule has 0 aliphatic rings. The van der Waals surface area contributed by atoms with Crippen molar-refractivity contribution in [1.29, 1.82) is 0 Å². The minimum absolute atomic E-state index is 0.0385. The third-order valence-electron chi connectivity index (χ3n) is 3.20. The van der Waals surface area contributed by atoms with Crippen LogP contribution in [0.1, 0.15) is 26.5 Å². The Balaban J connectivity index is 2.82. The van der Waals surface area contributed by atoms with Crippen molar-refractivity contribution >= 4 is 5.69 Å². The molecular weight excluding hydrogens is 216 g/mol. The fourth-order valence-electron chi connectivity index (χ4n) is 1.31. The first-order valence-electron chi connectivity index (χ1n) is 5.92. The molecule has 1 aromatic heterocycles. The van der Waals surface area contributed by atoms with E-state index in [1.807, 2.05) is 27.9 Å². The van der Waals surface area contributed by atoms with Gasteiger partial charge in [0.05, 0.1) is 5.69 Å². The first-order chi connectivity index (χ1) is 7.79. The number of hydrogen-bond donors (Lipinski definition) is 1. The molecule has 0 spiro atoms. The predicted molar refractivity (Wildman–Crippen MR) is 70.3 cm³/mol. The molecule has 0 atom stereocenters. The molecule has 17 heavy (non-hydrogen) atoms. The van der Waals surface area contributed by atoms with Gasteiger partial charge in [-0.1, -0.05) is 0 Å². The number of hydrogen-bond acceptors (Lipinski definition) is 4. The molecular formula is C12H24N4O. The summed E-state index contributed by atoms with van der Waals surface area (Å²) in [6.45, 7) is 9.51. The van der Waals surface area contributed by atoms with Crippen molar-refractivity contribution in [3.05, 3.63) is 5.69 Å². The molecule has 0 aromatic carbocycles. The van der Waals surface area contributed by atoms with Gasteiger partial charge in [0.25, 0.3) is 0 Å². The molecule has 0 bridgehead atoms. The van der Waals surface area contributed by atoms with Gasteiger partial charge in [-0.05, 0) is 41.8 Å². The Morgan fingerprint density at radius 2 is 2.00 bits per heavy atom. The Bertz CT molecular complexity index is 382. The van der Waals surface area contributed by atoms with Gasteiger partial charge in [-0.25, -0.2) is 4.68 Å². The van der Waals surface area contributed by atoms with Gasteiger partial charge in [-0.2, -0.15) is 5.10 Å². The van der Waals surface area contributed by atoms with Crippen molar-refractivity contribution in [2.24, 2.45) is 0 Å². The Kier molecular flexibility index (Phi) is 4.03. The Hall–Kier alpha value is -1.23. The normalized spacial score (nSPS) is 12.2. The zero-order chi connectivity index (χ0) is 13.2. The third-order valence-corrected chi connectivity index (χ3v) is 3.20. The van der Waals surface area contributed by atoms with Crippen LogP contribution in [0.5, 0.6) is 5.88 Å². The number of anilines is 1. The molecule has 1 heterocycles. The zero-order valence-corrected chi connectivity index (χ0v) is 11.7. The first kappa shape index (κ1) is 13.8. The number of likely N-dealkylation sites (N-methyl/N-ethyl adjacent to an activating group) is 1. The minimum atomic E-state index is -0.0385. The van der Waals surface area contributed by atoms with Crippen molar-refractivity contribution in [2.75, 3.05) is 26.4 Å². The molecule has 1 aromatic rings. The van der Waals surface area contributed by atoms with Crippen molar-refractivity contribution in [3.63, 3.8) is 0 Å². The summed E-state index contributed by atoms with van der Waals surface area (Å²) < 4.78 is 7.64. The predicted octanol–water partition coefficient (Wildman–Crippen LogP) is 1.51. The summed E-state index contributed by atoms with van der Waals surface area (Å²) in [4.78, 5) is 2.13. The average molecular weight is 240 g/mol. The van der Waals surface area contributed by atoms with Gasteiger partial charge in [0.15, 0.2) is 0 Å². The van der Waals surface area contributed by atoms with E-state index in [0.29, 0.717) is 18.2 Å². The van der Waals surface area contributed by atoms with E-state index >= 15 is 0 Å². The highest BCUT2D eigenvalue weighted by atomic mass is 16.5. The van der Waals surface area contributed by atoms with E-state index in [0.717, 1.165) is 12.2 Å². The molecule has 0 radical (unpaired) electrons. The maximum absolute atomic E-state index is 5.96. The van der Waals surface area contributed by atoms with Gasteiger partial charge in [-0.15, -0.1) is 0 Å². The maximum atomic E-state index is 5.96. The summed E-state index contributed by atoms with van der Waals surface area (Å²) in [7, 11) is 4.07. The van der Waals surface area contributed by atoms with E-state index in [4.69, 9.17) is 10.5 Å². The third kappa shape index (κ3) is 2.91. The van der Waals surface area contributed by atoms with Gasteiger partial charge < -0.3 is 15.4 Å². The summed E-state index contributed by atoms with van der Waals surface area (Å²) in [6, 6.07) is 0. The second-order valence-corrected chi connectivity index (χ2v) is 5.12. The summed E-state index contributed by atoms with van der Waals surface area (Å²) in [5.74, 6) is 0.680. The highest BCUT2D eigenvalue weighted by molar-refractivity contribution is 5.52. The van der Waals surface area contributed by atoms with Crippen LogP contribution in [0.25, 0.3) is 0 Å². The molecule has 0 aliphatic carbocycles. The van der Waals surface area contributed by atoms with Crippen molar-refractivity contribution < 1.29 is 4.74 Å². The zero-order valence-electron chi connectivity index (χ0n) is 11.7. The van der Waals surface area contributed by atoms with Crippen LogP contribution in [0.15, 0.2) is 0 Å². The lowest BCUT2D eigenvalue weighted by atomic mass is 10.1. The van der Waals surface area contributed by atoms with E-state index in [1.165, 1.54) is 0 Å².